The SMILES string of the molecule is CCS(=O)(=O)c1ccc([C@H](CC#N)NC(=O)c2ccc(N3C[C@@H](Oc4ccc(C(F)(F)F)cc4)C[C@H]3COC(F)F)cc2)cn1. The molecule has 1 amide bonds. The van der Waals surface area contributed by atoms with Crippen molar-refractivity contribution in [1.82, 2.24) is 10.3 Å². The Balaban J connectivity index is 1.46. The average Bonchev–Trinajstić information content (AvgIpc) is 3.42. The molecular weight excluding hydrogens is 623 g/mol. The number of ether oxygens (including phenoxy) is 2. The number of pyridine rings is 1. The van der Waals surface area contributed by atoms with Crippen LogP contribution in [0.4, 0.5) is 27.6 Å². The second-order valence-corrected chi connectivity index (χ2v) is 12.4. The van der Waals surface area contributed by atoms with Gasteiger partial charge in [-0.15, -0.1) is 0 Å². The molecule has 2 heterocycles. The van der Waals surface area contributed by atoms with Gasteiger partial charge in [0.15, 0.2) is 14.9 Å². The molecule has 1 fully saturated rings. The van der Waals surface area contributed by atoms with Crippen LogP contribution in [0.5, 0.6) is 5.75 Å². The number of aromatic nitrogens is 1. The molecule has 1 saturated heterocycles. The monoisotopic (exact) mass is 652 g/mol. The number of halogens is 5. The molecule has 15 heteroatoms. The number of nitriles is 1. The number of alkyl halides is 5. The molecule has 0 bridgehead atoms. The standard InChI is InChI=1S/C30H29F5N4O5S/c1-2-45(41,42)27-12-5-20(16-37-27)26(13-14-36)38-28(40)19-3-8-22(9-4-19)39-17-25(15-23(39)18-43-29(31)32)44-24-10-6-21(7-11-24)30(33,34)35/h3-12,16,23,25-26,29H,2,13,15,17-18H2,1H3,(H,38,40)/t23-,25-,26-/m0/s1. The molecule has 9 nitrogen and oxygen atoms in total. The van der Waals surface area contributed by atoms with Crippen LogP contribution in [0, 0.1) is 11.3 Å². The third-order valence-corrected chi connectivity index (χ3v) is 8.84. The Morgan fingerprint density at radius 2 is 1.80 bits per heavy atom. The molecule has 4 rings (SSSR count). The lowest BCUT2D eigenvalue weighted by molar-refractivity contribution is -0.137. The van der Waals surface area contributed by atoms with Crippen molar-refractivity contribution in [3.8, 4) is 11.8 Å². The average molecular weight is 653 g/mol. The molecule has 2 aromatic carbocycles. The number of amides is 1. The summed E-state index contributed by atoms with van der Waals surface area (Å²) in [7, 11) is -3.53. The summed E-state index contributed by atoms with van der Waals surface area (Å²) in [6.07, 6.45) is -3.60. The summed E-state index contributed by atoms with van der Waals surface area (Å²) in [6.45, 7) is -1.64. The van der Waals surface area contributed by atoms with E-state index in [0.717, 1.165) is 12.1 Å². The van der Waals surface area contributed by atoms with Gasteiger partial charge < -0.3 is 19.7 Å². The predicted octanol–water partition coefficient (Wildman–Crippen LogP) is 5.54. The summed E-state index contributed by atoms with van der Waals surface area (Å²) < 4.78 is 98.9. The summed E-state index contributed by atoms with van der Waals surface area (Å²) >= 11 is 0. The zero-order chi connectivity index (χ0) is 32.8. The Kier molecular flexibility index (Phi) is 10.6. The fourth-order valence-corrected chi connectivity index (χ4v) is 5.64. The van der Waals surface area contributed by atoms with Crippen molar-refractivity contribution in [3.05, 3.63) is 83.6 Å². The molecular formula is C30H29F5N4O5S. The quantitative estimate of drug-likeness (QED) is 0.253. The van der Waals surface area contributed by atoms with Gasteiger partial charge >= 0.3 is 12.8 Å². The predicted molar refractivity (Wildman–Crippen MR) is 152 cm³/mol. The number of anilines is 1. The van der Waals surface area contributed by atoms with E-state index in [9.17, 15) is 40.4 Å². The van der Waals surface area contributed by atoms with Gasteiger partial charge in [0.05, 0.1) is 49.0 Å². The highest BCUT2D eigenvalue weighted by Crippen LogP contribution is 2.33. The molecule has 1 N–H and O–H groups in total. The lowest BCUT2D eigenvalue weighted by Crippen LogP contribution is -2.34. The topological polar surface area (TPSA) is 122 Å². The highest BCUT2D eigenvalue weighted by atomic mass is 32.2. The maximum atomic E-state index is 13.0. The summed E-state index contributed by atoms with van der Waals surface area (Å²) in [5.74, 6) is -0.452. The minimum absolute atomic E-state index is 0.106. The molecule has 3 atom stereocenters. The van der Waals surface area contributed by atoms with Crippen LogP contribution in [0.3, 0.4) is 0 Å². The number of hydrogen-bond donors (Lipinski definition) is 1. The lowest BCUT2D eigenvalue weighted by Gasteiger charge is -2.26. The molecule has 0 radical (unpaired) electrons. The maximum Gasteiger partial charge on any atom is 0.416 e. The maximum absolute atomic E-state index is 13.0. The van der Waals surface area contributed by atoms with Crippen LogP contribution < -0.4 is 15.0 Å². The number of sulfone groups is 1. The molecule has 240 valence electrons. The number of nitrogens with zero attached hydrogens (tertiary/aromatic N) is 3. The molecule has 3 aromatic rings. The van der Waals surface area contributed by atoms with E-state index in [1.54, 1.807) is 17.0 Å². The number of rotatable bonds is 12. The number of hydrogen-bond acceptors (Lipinski definition) is 8. The fourth-order valence-electron chi connectivity index (χ4n) is 4.85. The molecule has 45 heavy (non-hydrogen) atoms. The van der Waals surface area contributed by atoms with Crippen LogP contribution in [0.25, 0.3) is 0 Å². The molecule has 1 aliphatic heterocycles. The van der Waals surface area contributed by atoms with Crippen LogP contribution in [-0.4, -0.2) is 57.0 Å². The van der Waals surface area contributed by atoms with Crippen molar-refractivity contribution in [3.63, 3.8) is 0 Å². The molecule has 0 unspecified atom stereocenters. The van der Waals surface area contributed by atoms with Crippen LogP contribution in [-0.2, 0) is 20.8 Å². The number of nitrogens with one attached hydrogen (secondary N) is 1. The van der Waals surface area contributed by atoms with Crippen molar-refractivity contribution >= 4 is 21.4 Å². The number of carbonyl (C=O) groups excluding carboxylic acids is 1. The van der Waals surface area contributed by atoms with Crippen molar-refractivity contribution < 1.29 is 44.6 Å². The summed E-state index contributed by atoms with van der Waals surface area (Å²) in [4.78, 5) is 18.8. The van der Waals surface area contributed by atoms with E-state index >= 15 is 0 Å². The minimum Gasteiger partial charge on any atom is -0.489 e. The van der Waals surface area contributed by atoms with Crippen molar-refractivity contribution in [2.75, 3.05) is 23.8 Å². The summed E-state index contributed by atoms with van der Waals surface area (Å²) in [5, 5.41) is 11.9. The van der Waals surface area contributed by atoms with E-state index in [1.165, 1.54) is 49.5 Å². The third-order valence-electron chi connectivity index (χ3n) is 7.20. The minimum atomic E-state index is -4.50. The van der Waals surface area contributed by atoms with Crippen LogP contribution in [0.2, 0.25) is 0 Å². The van der Waals surface area contributed by atoms with Gasteiger partial charge in [0, 0.05) is 23.9 Å². The second-order valence-electron chi connectivity index (χ2n) is 10.2. The fraction of sp³-hybridized carbons (Fsp3) is 0.367. The molecule has 1 aliphatic rings. The Hall–Kier alpha value is -4.29. The normalized spacial score (nSPS) is 17.6. The Bertz CT molecular complexity index is 1600. The van der Waals surface area contributed by atoms with Crippen molar-refractivity contribution in [1.29, 1.82) is 5.26 Å². The van der Waals surface area contributed by atoms with Gasteiger partial charge in [-0.3, -0.25) is 4.79 Å². The van der Waals surface area contributed by atoms with Crippen molar-refractivity contribution in [2.45, 2.75) is 55.8 Å². The van der Waals surface area contributed by atoms with E-state index in [1.807, 2.05) is 6.07 Å². The van der Waals surface area contributed by atoms with E-state index < -0.39 is 52.3 Å². The van der Waals surface area contributed by atoms with Gasteiger partial charge in [0.25, 0.3) is 5.91 Å². The largest absolute Gasteiger partial charge is 0.489 e. The molecule has 0 saturated carbocycles. The van der Waals surface area contributed by atoms with E-state index in [-0.39, 0.29) is 48.1 Å². The first-order chi connectivity index (χ1) is 21.3. The zero-order valence-corrected chi connectivity index (χ0v) is 24.7. The van der Waals surface area contributed by atoms with Gasteiger partial charge in [0.1, 0.15) is 11.9 Å². The molecule has 0 spiro atoms. The first-order valence-electron chi connectivity index (χ1n) is 13.8. The Morgan fingerprint density at radius 3 is 2.36 bits per heavy atom. The second kappa shape index (κ2) is 14.2. The van der Waals surface area contributed by atoms with Gasteiger partial charge in [-0.1, -0.05) is 13.0 Å². The number of benzene rings is 2. The summed E-state index contributed by atoms with van der Waals surface area (Å²) in [5.41, 5.74) is 0.413. The smallest absolute Gasteiger partial charge is 0.416 e. The highest BCUT2D eigenvalue weighted by Gasteiger charge is 2.35. The van der Waals surface area contributed by atoms with Gasteiger partial charge in [-0.2, -0.15) is 27.2 Å². The van der Waals surface area contributed by atoms with Crippen LogP contribution in [0.15, 0.2) is 71.9 Å². The van der Waals surface area contributed by atoms with Crippen LogP contribution >= 0.6 is 0 Å². The Morgan fingerprint density at radius 1 is 1.11 bits per heavy atom. The third kappa shape index (κ3) is 8.67. The Labute approximate surface area is 256 Å². The van der Waals surface area contributed by atoms with E-state index in [0.29, 0.717) is 11.3 Å². The van der Waals surface area contributed by atoms with Crippen molar-refractivity contribution in [2.24, 2.45) is 0 Å². The van der Waals surface area contributed by atoms with Gasteiger partial charge in [0.2, 0.25) is 0 Å². The summed E-state index contributed by atoms with van der Waals surface area (Å²) in [6, 6.07) is 13.9. The number of carbonyl (C=O) groups is 1. The zero-order valence-electron chi connectivity index (χ0n) is 23.9. The highest BCUT2D eigenvalue weighted by molar-refractivity contribution is 7.91. The van der Waals surface area contributed by atoms with Crippen LogP contribution in [0.1, 0.15) is 47.3 Å². The molecule has 1 aromatic heterocycles. The molecule has 0 aliphatic carbocycles. The first kappa shape index (κ1) is 33.6. The van der Waals surface area contributed by atoms with Gasteiger partial charge in [-0.05, 0) is 60.2 Å². The van der Waals surface area contributed by atoms with E-state index in [2.05, 4.69) is 15.0 Å². The first-order valence-corrected chi connectivity index (χ1v) is 15.4. The van der Waals surface area contributed by atoms with Gasteiger partial charge in [-0.25, -0.2) is 13.4 Å². The lowest BCUT2D eigenvalue weighted by atomic mass is 10.1. The van der Waals surface area contributed by atoms with E-state index in [4.69, 9.17) is 4.74 Å².